The van der Waals surface area contributed by atoms with Gasteiger partial charge in [-0.15, -0.1) is 0 Å². The molecule has 1 aliphatic rings. The molecule has 1 amide bonds. The summed E-state index contributed by atoms with van der Waals surface area (Å²) in [5.41, 5.74) is 0.851. The van der Waals surface area contributed by atoms with Crippen LogP contribution in [-0.2, 0) is 17.9 Å². The summed E-state index contributed by atoms with van der Waals surface area (Å²) in [6, 6.07) is 16.8. The van der Waals surface area contributed by atoms with Gasteiger partial charge in [-0.3, -0.25) is 23.5 Å². The average molecular weight is 435 g/mol. The Kier molecular flexibility index (Phi) is 7.17. The Morgan fingerprint density at radius 1 is 0.781 bits per heavy atom. The molecule has 0 spiro atoms. The van der Waals surface area contributed by atoms with Crippen LogP contribution in [0.15, 0.2) is 64.2 Å². The van der Waals surface area contributed by atoms with Gasteiger partial charge in [0.1, 0.15) is 6.54 Å². The smallest absolute Gasteiger partial charge is 0.317 e. The van der Waals surface area contributed by atoms with Crippen LogP contribution in [0.4, 0.5) is 0 Å². The molecule has 1 N–H and O–H groups in total. The number of para-hydroxylation sites is 2. The molecule has 1 saturated heterocycles. The third kappa shape index (κ3) is 5.16. The maximum absolute atomic E-state index is 12.9. The average Bonchev–Trinajstić information content (AvgIpc) is 3.09. The fourth-order valence-corrected chi connectivity index (χ4v) is 4.36. The second kappa shape index (κ2) is 10.4. The quantitative estimate of drug-likeness (QED) is 0.579. The van der Waals surface area contributed by atoms with Gasteiger partial charge in [0.25, 0.3) is 0 Å². The van der Waals surface area contributed by atoms with E-state index < -0.39 is 11.1 Å². The van der Waals surface area contributed by atoms with Crippen molar-refractivity contribution < 1.29 is 4.79 Å². The lowest BCUT2D eigenvalue weighted by molar-refractivity contribution is -0.121. The SMILES string of the molecule is O=C(Cn1c(=O)c(=O)n(Cc2ccccc2)c2ccccc21)NCCN1CCCCCC1. The number of nitrogens with one attached hydrogen (secondary N) is 1. The number of carbonyl (C=O) groups excluding carboxylic acids is 1. The fraction of sp³-hybridized carbons (Fsp3) is 0.400. The van der Waals surface area contributed by atoms with Crippen molar-refractivity contribution in [3.63, 3.8) is 0 Å². The predicted octanol–water partition coefficient (Wildman–Crippen LogP) is 2.20. The molecule has 3 aromatic rings. The highest BCUT2D eigenvalue weighted by Crippen LogP contribution is 2.12. The van der Waals surface area contributed by atoms with E-state index in [2.05, 4.69) is 10.2 Å². The van der Waals surface area contributed by atoms with Crippen molar-refractivity contribution >= 4 is 16.9 Å². The van der Waals surface area contributed by atoms with Gasteiger partial charge < -0.3 is 10.2 Å². The Morgan fingerprint density at radius 2 is 1.38 bits per heavy atom. The Labute approximate surface area is 187 Å². The maximum atomic E-state index is 12.9. The normalized spacial score (nSPS) is 14.9. The summed E-state index contributed by atoms with van der Waals surface area (Å²) in [5, 5.41) is 2.92. The molecule has 0 bridgehead atoms. The molecule has 2 aromatic carbocycles. The topological polar surface area (TPSA) is 76.3 Å². The third-order valence-corrected chi connectivity index (χ3v) is 6.07. The highest BCUT2D eigenvalue weighted by atomic mass is 16.2. The van der Waals surface area contributed by atoms with Gasteiger partial charge in [0.2, 0.25) is 5.91 Å². The zero-order chi connectivity index (χ0) is 22.3. The largest absolute Gasteiger partial charge is 0.353 e. The first-order valence-corrected chi connectivity index (χ1v) is 11.4. The van der Waals surface area contributed by atoms with Crippen LogP contribution in [0, 0.1) is 0 Å². The summed E-state index contributed by atoms with van der Waals surface area (Å²) in [5.74, 6) is -0.257. The van der Waals surface area contributed by atoms with Crippen LogP contribution < -0.4 is 16.4 Å². The van der Waals surface area contributed by atoms with Crippen LogP contribution in [0.1, 0.15) is 31.2 Å². The van der Waals surface area contributed by atoms with Crippen LogP contribution in [0.2, 0.25) is 0 Å². The molecule has 7 nitrogen and oxygen atoms in total. The van der Waals surface area contributed by atoms with Gasteiger partial charge in [0.05, 0.1) is 17.6 Å². The number of aromatic nitrogens is 2. The Hall–Kier alpha value is -3.19. The number of likely N-dealkylation sites (tertiary alicyclic amines) is 1. The first-order valence-electron chi connectivity index (χ1n) is 11.4. The molecular weight excluding hydrogens is 404 g/mol. The lowest BCUT2D eigenvalue weighted by Crippen LogP contribution is -2.44. The number of hydrogen-bond donors (Lipinski definition) is 1. The van der Waals surface area contributed by atoms with Crippen molar-refractivity contribution in [2.24, 2.45) is 0 Å². The van der Waals surface area contributed by atoms with E-state index in [9.17, 15) is 14.4 Å². The van der Waals surface area contributed by atoms with Crippen LogP contribution in [0.5, 0.6) is 0 Å². The van der Waals surface area contributed by atoms with Gasteiger partial charge in [-0.2, -0.15) is 0 Å². The van der Waals surface area contributed by atoms with Crippen molar-refractivity contribution in [3.05, 3.63) is 80.9 Å². The number of rotatable bonds is 7. The highest BCUT2D eigenvalue weighted by Gasteiger charge is 2.16. The van der Waals surface area contributed by atoms with E-state index in [0.717, 1.165) is 25.2 Å². The molecule has 1 aromatic heterocycles. The van der Waals surface area contributed by atoms with E-state index in [1.165, 1.54) is 34.8 Å². The Bertz CT molecular complexity index is 1180. The maximum Gasteiger partial charge on any atom is 0.317 e. The van der Waals surface area contributed by atoms with E-state index >= 15 is 0 Å². The van der Waals surface area contributed by atoms with Gasteiger partial charge in [-0.1, -0.05) is 55.3 Å². The van der Waals surface area contributed by atoms with Gasteiger partial charge >= 0.3 is 11.1 Å². The summed E-state index contributed by atoms with van der Waals surface area (Å²) in [7, 11) is 0. The van der Waals surface area contributed by atoms with Gasteiger partial charge in [-0.25, -0.2) is 0 Å². The van der Waals surface area contributed by atoms with E-state index in [4.69, 9.17) is 0 Å². The summed E-state index contributed by atoms with van der Waals surface area (Å²) >= 11 is 0. The molecule has 0 radical (unpaired) electrons. The molecule has 0 saturated carbocycles. The van der Waals surface area contributed by atoms with Crippen molar-refractivity contribution in [1.29, 1.82) is 0 Å². The van der Waals surface area contributed by atoms with Crippen molar-refractivity contribution in [2.75, 3.05) is 26.2 Å². The molecule has 0 atom stereocenters. The second-order valence-electron chi connectivity index (χ2n) is 8.36. The zero-order valence-corrected chi connectivity index (χ0v) is 18.3. The Balaban J connectivity index is 1.52. The summed E-state index contributed by atoms with van der Waals surface area (Å²) in [4.78, 5) is 40.8. The van der Waals surface area contributed by atoms with E-state index in [-0.39, 0.29) is 12.5 Å². The number of fused-ring (bicyclic) bond motifs is 1. The molecule has 7 heteroatoms. The van der Waals surface area contributed by atoms with Crippen LogP contribution in [-0.4, -0.2) is 46.1 Å². The number of amides is 1. The fourth-order valence-electron chi connectivity index (χ4n) is 4.36. The van der Waals surface area contributed by atoms with Crippen molar-refractivity contribution in [3.8, 4) is 0 Å². The summed E-state index contributed by atoms with van der Waals surface area (Å²) in [6.45, 7) is 3.62. The van der Waals surface area contributed by atoms with Gasteiger partial charge in [0, 0.05) is 13.1 Å². The highest BCUT2D eigenvalue weighted by molar-refractivity contribution is 5.80. The number of nitrogens with zero attached hydrogens (tertiary/aromatic N) is 3. The first kappa shape index (κ1) is 22.0. The molecule has 1 aliphatic heterocycles. The molecule has 0 unspecified atom stereocenters. The standard InChI is InChI=1S/C25H30N4O3/c30-23(26-14-17-27-15-8-1-2-9-16-27)19-29-22-13-7-6-12-21(22)28(24(31)25(29)32)18-20-10-4-3-5-11-20/h3-7,10-13H,1-2,8-9,14-19H2,(H,26,30). The lowest BCUT2D eigenvalue weighted by atomic mass is 10.2. The zero-order valence-electron chi connectivity index (χ0n) is 18.3. The Morgan fingerprint density at radius 3 is 2.06 bits per heavy atom. The molecule has 32 heavy (non-hydrogen) atoms. The van der Waals surface area contributed by atoms with Crippen LogP contribution >= 0.6 is 0 Å². The first-order chi connectivity index (χ1) is 15.6. The minimum absolute atomic E-state index is 0.166. The third-order valence-electron chi connectivity index (χ3n) is 6.07. The van der Waals surface area contributed by atoms with E-state index in [1.807, 2.05) is 48.5 Å². The van der Waals surface area contributed by atoms with Gasteiger partial charge in [0.15, 0.2) is 0 Å². The van der Waals surface area contributed by atoms with Crippen LogP contribution in [0.3, 0.4) is 0 Å². The molecule has 2 heterocycles. The van der Waals surface area contributed by atoms with Crippen LogP contribution in [0.25, 0.3) is 11.0 Å². The molecular formula is C25H30N4O3. The predicted molar refractivity (Wildman–Crippen MR) is 126 cm³/mol. The molecule has 168 valence electrons. The van der Waals surface area contributed by atoms with Crippen molar-refractivity contribution in [1.82, 2.24) is 19.4 Å². The second-order valence-corrected chi connectivity index (χ2v) is 8.36. The molecule has 0 aliphatic carbocycles. The van der Waals surface area contributed by atoms with E-state index in [0.29, 0.717) is 24.1 Å². The minimum atomic E-state index is -0.678. The number of carbonyl (C=O) groups is 1. The minimum Gasteiger partial charge on any atom is -0.353 e. The summed E-state index contributed by atoms with van der Waals surface area (Å²) < 4.78 is 2.78. The number of benzene rings is 2. The van der Waals surface area contributed by atoms with E-state index in [1.54, 1.807) is 6.07 Å². The summed E-state index contributed by atoms with van der Waals surface area (Å²) in [6.07, 6.45) is 4.95. The molecule has 1 fully saturated rings. The monoisotopic (exact) mass is 434 g/mol. The lowest BCUT2D eigenvalue weighted by Gasteiger charge is -2.20. The number of hydrogen-bond acceptors (Lipinski definition) is 4. The molecule has 4 rings (SSSR count). The van der Waals surface area contributed by atoms with Gasteiger partial charge in [-0.05, 0) is 43.6 Å². The van der Waals surface area contributed by atoms with Crippen molar-refractivity contribution in [2.45, 2.75) is 38.8 Å².